The van der Waals surface area contributed by atoms with Gasteiger partial charge < -0.3 is 15.8 Å². The molecule has 0 spiro atoms. The zero-order valence-electron chi connectivity index (χ0n) is 13.6. The molecule has 0 unspecified atom stereocenters. The summed E-state index contributed by atoms with van der Waals surface area (Å²) >= 11 is 0. The maximum atomic E-state index is 12.0. The van der Waals surface area contributed by atoms with Gasteiger partial charge in [0.25, 0.3) is 0 Å². The molecule has 1 fully saturated rings. The summed E-state index contributed by atoms with van der Waals surface area (Å²) in [5.41, 5.74) is 6.43. The molecule has 6 heteroatoms. The number of carbonyl (C=O) groups excluding carboxylic acids is 2. The third kappa shape index (κ3) is 5.25. The lowest BCUT2D eigenvalue weighted by Crippen LogP contribution is -2.45. The number of nitrogens with zero attached hydrogens (tertiary/aromatic N) is 1. The number of likely N-dealkylation sites (tertiary alicyclic amines) is 1. The number of nitrogens with two attached hydrogens (primary N) is 1. The second-order valence-electron chi connectivity index (χ2n) is 5.89. The van der Waals surface area contributed by atoms with Gasteiger partial charge in [-0.2, -0.15) is 0 Å². The minimum absolute atomic E-state index is 0.0231. The van der Waals surface area contributed by atoms with Crippen LogP contribution in [0.3, 0.4) is 0 Å². The summed E-state index contributed by atoms with van der Waals surface area (Å²) < 4.78 is 5.29. The van der Waals surface area contributed by atoms with Crippen molar-refractivity contribution in [3.63, 3.8) is 0 Å². The SMILES string of the molecule is COc1ccccc1CCNC(=O)CN1CCC[C@H](C(N)=O)C1. The van der Waals surface area contributed by atoms with E-state index < -0.39 is 0 Å². The van der Waals surface area contributed by atoms with Gasteiger partial charge in [0.1, 0.15) is 5.75 Å². The predicted octanol–water partition coefficient (Wildman–Crippen LogP) is 0.551. The van der Waals surface area contributed by atoms with E-state index in [1.165, 1.54) is 0 Å². The number of benzene rings is 1. The van der Waals surface area contributed by atoms with Crippen molar-refractivity contribution in [1.82, 2.24) is 10.2 Å². The number of carbonyl (C=O) groups is 2. The Morgan fingerprint density at radius 1 is 1.39 bits per heavy atom. The Bertz CT molecular complexity index is 548. The number of ether oxygens (including phenoxy) is 1. The number of amides is 2. The van der Waals surface area contributed by atoms with Crippen LogP contribution >= 0.6 is 0 Å². The van der Waals surface area contributed by atoms with Crippen LogP contribution in [-0.2, 0) is 16.0 Å². The molecular formula is C17H25N3O3. The monoisotopic (exact) mass is 319 g/mol. The van der Waals surface area contributed by atoms with Crippen molar-refractivity contribution in [3.8, 4) is 5.75 Å². The molecule has 0 aromatic heterocycles. The van der Waals surface area contributed by atoms with Crippen LogP contribution in [-0.4, -0.2) is 50.0 Å². The normalized spacial score (nSPS) is 18.4. The van der Waals surface area contributed by atoms with Gasteiger partial charge in [0.05, 0.1) is 19.6 Å². The number of para-hydroxylation sites is 1. The molecule has 1 saturated heterocycles. The highest BCUT2D eigenvalue weighted by atomic mass is 16.5. The number of rotatable bonds is 7. The van der Waals surface area contributed by atoms with E-state index in [-0.39, 0.29) is 17.7 Å². The highest BCUT2D eigenvalue weighted by molar-refractivity contribution is 5.79. The molecule has 6 nitrogen and oxygen atoms in total. The molecule has 1 aliphatic heterocycles. The minimum atomic E-state index is -0.272. The first-order valence-corrected chi connectivity index (χ1v) is 8.00. The maximum absolute atomic E-state index is 12.0. The second kappa shape index (κ2) is 8.53. The fourth-order valence-corrected chi connectivity index (χ4v) is 2.94. The van der Waals surface area contributed by atoms with Crippen molar-refractivity contribution in [2.24, 2.45) is 11.7 Å². The van der Waals surface area contributed by atoms with E-state index in [9.17, 15) is 9.59 Å². The highest BCUT2D eigenvalue weighted by Gasteiger charge is 2.24. The molecule has 1 atom stereocenters. The van der Waals surface area contributed by atoms with E-state index in [1.807, 2.05) is 29.2 Å². The third-order valence-corrected chi connectivity index (χ3v) is 4.18. The first-order valence-electron chi connectivity index (χ1n) is 8.00. The van der Waals surface area contributed by atoms with Crippen LogP contribution in [0, 0.1) is 5.92 Å². The van der Waals surface area contributed by atoms with Gasteiger partial charge >= 0.3 is 0 Å². The van der Waals surface area contributed by atoms with Crippen LogP contribution in [0.25, 0.3) is 0 Å². The van der Waals surface area contributed by atoms with Gasteiger partial charge in [-0.3, -0.25) is 14.5 Å². The van der Waals surface area contributed by atoms with Gasteiger partial charge in [-0.15, -0.1) is 0 Å². The Balaban J connectivity index is 1.74. The first kappa shape index (κ1) is 17.3. The molecule has 3 N–H and O–H groups in total. The quantitative estimate of drug-likeness (QED) is 0.769. The molecule has 0 aliphatic carbocycles. The second-order valence-corrected chi connectivity index (χ2v) is 5.89. The molecule has 2 rings (SSSR count). The summed E-state index contributed by atoms with van der Waals surface area (Å²) in [7, 11) is 1.64. The summed E-state index contributed by atoms with van der Waals surface area (Å²) in [6.07, 6.45) is 2.45. The van der Waals surface area contributed by atoms with Crippen molar-refractivity contribution in [2.45, 2.75) is 19.3 Å². The summed E-state index contributed by atoms with van der Waals surface area (Å²) in [6.45, 7) is 2.29. The van der Waals surface area contributed by atoms with Crippen molar-refractivity contribution in [1.29, 1.82) is 0 Å². The van der Waals surface area contributed by atoms with Crippen LogP contribution in [0.2, 0.25) is 0 Å². The van der Waals surface area contributed by atoms with Crippen LogP contribution in [0.5, 0.6) is 5.75 Å². The van der Waals surface area contributed by atoms with Crippen LogP contribution in [0.15, 0.2) is 24.3 Å². The standard InChI is InChI=1S/C17H25N3O3/c1-23-15-7-3-2-5-13(15)8-9-19-16(21)12-20-10-4-6-14(11-20)17(18)22/h2-3,5,7,14H,4,6,8-12H2,1H3,(H2,18,22)(H,19,21)/t14-/m0/s1. The van der Waals surface area contributed by atoms with Crippen molar-refractivity contribution >= 4 is 11.8 Å². The molecule has 1 aromatic rings. The van der Waals surface area contributed by atoms with E-state index in [4.69, 9.17) is 10.5 Å². The van der Waals surface area contributed by atoms with E-state index in [2.05, 4.69) is 5.32 Å². The lowest BCUT2D eigenvalue weighted by atomic mass is 9.97. The van der Waals surface area contributed by atoms with Crippen molar-refractivity contribution in [2.75, 3.05) is 33.3 Å². The largest absolute Gasteiger partial charge is 0.496 e. The first-order chi connectivity index (χ1) is 11.1. The van der Waals surface area contributed by atoms with E-state index in [0.29, 0.717) is 19.6 Å². The summed E-state index contributed by atoms with van der Waals surface area (Å²) in [4.78, 5) is 25.3. The lowest BCUT2D eigenvalue weighted by Gasteiger charge is -2.30. The maximum Gasteiger partial charge on any atom is 0.234 e. The average molecular weight is 319 g/mol. The Kier molecular flexibility index (Phi) is 6.40. The van der Waals surface area contributed by atoms with Crippen molar-refractivity contribution in [3.05, 3.63) is 29.8 Å². The Labute approximate surface area is 137 Å². The lowest BCUT2D eigenvalue weighted by molar-refractivity contribution is -0.126. The Morgan fingerprint density at radius 2 is 2.17 bits per heavy atom. The summed E-state index contributed by atoms with van der Waals surface area (Å²) in [5.74, 6) is 0.406. The predicted molar refractivity (Wildman–Crippen MR) is 88.1 cm³/mol. The fourth-order valence-electron chi connectivity index (χ4n) is 2.94. The Morgan fingerprint density at radius 3 is 2.91 bits per heavy atom. The van der Waals surface area contributed by atoms with Crippen LogP contribution < -0.4 is 15.8 Å². The number of hydrogen-bond acceptors (Lipinski definition) is 4. The van der Waals surface area contributed by atoms with Gasteiger partial charge in [-0.05, 0) is 37.4 Å². The number of primary amides is 1. The third-order valence-electron chi connectivity index (χ3n) is 4.18. The minimum Gasteiger partial charge on any atom is -0.496 e. The average Bonchev–Trinajstić information content (AvgIpc) is 2.55. The van der Waals surface area contributed by atoms with Gasteiger partial charge in [0, 0.05) is 13.1 Å². The molecule has 1 aliphatic rings. The highest BCUT2D eigenvalue weighted by Crippen LogP contribution is 2.17. The van der Waals surface area contributed by atoms with E-state index >= 15 is 0 Å². The molecule has 23 heavy (non-hydrogen) atoms. The van der Waals surface area contributed by atoms with E-state index in [1.54, 1.807) is 7.11 Å². The summed E-state index contributed by atoms with van der Waals surface area (Å²) in [5, 5.41) is 2.92. The number of methoxy groups -OCH3 is 1. The van der Waals surface area contributed by atoms with E-state index in [0.717, 1.165) is 37.1 Å². The molecule has 126 valence electrons. The smallest absolute Gasteiger partial charge is 0.234 e. The zero-order valence-corrected chi connectivity index (χ0v) is 13.6. The molecule has 0 bridgehead atoms. The van der Waals surface area contributed by atoms with Gasteiger partial charge in [0.15, 0.2) is 0 Å². The summed E-state index contributed by atoms with van der Waals surface area (Å²) in [6, 6.07) is 7.78. The van der Waals surface area contributed by atoms with Crippen molar-refractivity contribution < 1.29 is 14.3 Å². The molecular weight excluding hydrogens is 294 g/mol. The fraction of sp³-hybridized carbons (Fsp3) is 0.529. The molecule has 0 saturated carbocycles. The van der Waals surface area contributed by atoms with Gasteiger partial charge in [-0.1, -0.05) is 18.2 Å². The zero-order chi connectivity index (χ0) is 16.7. The van der Waals surface area contributed by atoms with Crippen LogP contribution in [0.4, 0.5) is 0 Å². The molecule has 1 heterocycles. The number of hydrogen-bond donors (Lipinski definition) is 2. The Hall–Kier alpha value is -2.08. The number of piperidine rings is 1. The molecule has 2 amide bonds. The molecule has 0 radical (unpaired) electrons. The van der Waals surface area contributed by atoms with Crippen LogP contribution in [0.1, 0.15) is 18.4 Å². The van der Waals surface area contributed by atoms with Gasteiger partial charge in [-0.25, -0.2) is 0 Å². The number of nitrogens with one attached hydrogen (secondary N) is 1. The topological polar surface area (TPSA) is 84.7 Å². The molecule has 1 aromatic carbocycles. The van der Waals surface area contributed by atoms with Gasteiger partial charge in [0.2, 0.25) is 11.8 Å².